The van der Waals surface area contributed by atoms with Gasteiger partial charge in [0.25, 0.3) is 0 Å². The number of halogens is 2. The van der Waals surface area contributed by atoms with Crippen LogP contribution in [0.5, 0.6) is 5.75 Å². The van der Waals surface area contributed by atoms with E-state index in [1.807, 2.05) is 18.2 Å². The summed E-state index contributed by atoms with van der Waals surface area (Å²) in [4.78, 5) is 0. The lowest BCUT2D eigenvalue weighted by Crippen LogP contribution is -1.76. The topological polar surface area (TPSA) is 48.9 Å². The lowest BCUT2D eigenvalue weighted by molar-refractivity contribution is 0.475. The summed E-state index contributed by atoms with van der Waals surface area (Å²) >= 11 is 0. The van der Waals surface area contributed by atoms with Gasteiger partial charge in [-0.25, -0.2) is 0 Å². The van der Waals surface area contributed by atoms with Gasteiger partial charge in [-0.2, -0.15) is 5.10 Å². The summed E-state index contributed by atoms with van der Waals surface area (Å²) < 4.78 is 0. The molecule has 2 N–H and O–H groups in total. The second-order valence-electron chi connectivity index (χ2n) is 2.52. The summed E-state index contributed by atoms with van der Waals surface area (Å²) in [5.41, 5.74) is 1.97. The van der Waals surface area contributed by atoms with Crippen molar-refractivity contribution in [3.05, 3.63) is 36.5 Å². The summed E-state index contributed by atoms with van der Waals surface area (Å²) in [6.07, 6.45) is 1.70. The number of nitrogens with one attached hydrogen (secondary N) is 1. The molecule has 76 valence electrons. The lowest BCUT2D eigenvalue weighted by atomic mass is 10.1. The number of phenols is 1. The molecule has 0 saturated heterocycles. The number of H-pyrrole nitrogens is 1. The molecule has 5 heteroatoms. The number of hydrogen-bond donors (Lipinski definition) is 2. The zero-order chi connectivity index (χ0) is 8.39. The zero-order valence-electron chi connectivity index (χ0n) is 7.18. The van der Waals surface area contributed by atoms with Crippen molar-refractivity contribution in [2.45, 2.75) is 0 Å². The minimum atomic E-state index is 0. The van der Waals surface area contributed by atoms with Crippen molar-refractivity contribution in [2.75, 3.05) is 0 Å². The predicted octanol–water partition coefficient (Wildman–Crippen LogP) is 2.63. The fourth-order valence-electron chi connectivity index (χ4n) is 1.06. The zero-order valence-corrected chi connectivity index (χ0v) is 8.81. The smallest absolute Gasteiger partial charge is 0.115 e. The Bertz CT molecular complexity index is 359. The average molecular weight is 233 g/mol. The molecule has 2 aromatic rings. The highest BCUT2D eigenvalue weighted by atomic mass is 35.5. The van der Waals surface area contributed by atoms with Gasteiger partial charge in [-0.15, -0.1) is 24.8 Å². The standard InChI is InChI=1S/C9H8N2O.2ClH/c12-8-3-1-7(2-4-8)9-5-6-10-11-9;;/h1-6,12H,(H,10,11);2*1H. The Balaban J connectivity index is 0.000000845. The molecular formula is C9H10Cl2N2O. The third-order valence-electron chi connectivity index (χ3n) is 1.68. The highest BCUT2D eigenvalue weighted by Crippen LogP contribution is 2.18. The quantitative estimate of drug-likeness (QED) is 0.795. The van der Waals surface area contributed by atoms with Crippen LogP contribution in [0.2, 0.25) is 0 Å². The Labute approximate surface area is 94.0 Å². The number of aromatic hydroxyl groups is 1. The van der Waals surface area contributed by atoms with Gasteiger partial charge in [-0.1, -0.05) is 0 Å². The van der Waals surface area contributed by atoms with Crippen molar-refractivity contribution < 1.29 is 5.11 Å². The summed E-state index contributed by atoms with van der Waals surface area (Å²) in [7, 11) is 0. The number of phenolic OH excluding ortho intramolecular Hbond substituents is 1. The Hall–Kier alpha value is -1.19. The fraction of sp³-hybridized carbons (Fsp3) is 0. The first kappa shape index (κ1) is 12.8. The predicted molar refractivity (Wildman–Crippen MR) is 60.2 cm³/mol. The van der Waals surface area contributed by atoms with Crippen LogP contribution in [0.15, 0.2) is 36.5 Å². The van der Waals surface area contributed by atoms with Crippen molar-refractivity contribution in [2.24, 2.45) is 0 Å². The third kappa shape index (κ3) is 2.65. The van der Waals surface area contributed by atoms with Crippen LogP contribution in [0.25, 0.3) is 11.3 Å². The second kappa shape index (κ2) is 5.52. The molecule has 0 aliphatic heterocycles. The van der Waals surface area contributed by atoms with Gasteiger partial charge in [-0.3, -0.25) is 5.10 Å². The highest BCUT2D eigenvalue weighted by molar-refractivity contribution is 5.85. The van der Waals surface area contributed by atoms with E-state index in [9.17, 15) is 0 Å². The number of benzene rings is 1. The van der Waals surface area contributed by atoms with Gasteiger partial charge < -0.3 is 5.11 Å². The van der Waals surface area contributed by atoms with Gasteiger partial charge in [-0.05, 0) is 35.9 Å². The Kier molecular flexibility index (Phi) is 5.05. The highest BCUT2D eigenvalue weighted by Gasteiger charge is 1.96. The molecule has 14 heavy (non-hydrogen) atoms. The summed E-state index contributed by atoms with van der Waals surface area (Å²) in [6.45, 7) is 0. The molecule has 0 spiro atoms. The first-order valence-electron chi connectivity index (χ1n) is 3.65. The molecule has 0 unspecified atom stereocenters. The molecule has 1 heterocycles. The van der Waals surface area contributed by atoms with E-state index in [1.54, 1.807) is 18.3 Å². The van der Waals surface area contributed by atoms with Crippen molar-refractivity contribution in [1.82, 2.24) is 10.2 Å². The van der Waals surface area contributed by atoms with E-state index in [1.165, 1.54) is 0 Å². The van der Waals surface area contributed by atoms with Gasteiger partial charge in [0.05, 0.1) is 5.69 Å². The van der Waals surface area contributed by atoms with Crippen molar-refractivity contribution in [3.63, 3.8) is 0 Å². The first-order valence-corrected chi connectivity index (χ1v) is 3.65. The normalized spacial score (nSPS) is 8.57. The van der Waals surface area contributed by atoms with Crippen LogP contribution in [0.3, 0.4) is 0 Å². The van der Waals surface area contributed by atoms with Crippen LogP contribution < -0.4 is 0 Å². The molecule has 1 aromatic heterocycles. The molecule has 0 aliphatic rings. The Morgan fingerprint density at radius 3 is 2.14 bits per heavy atom. The SMILES string of the molecule is Cl.Cl.Oc1ccc(-c2ccn[nH]2)cc1. The van der Waals surface area contributed by atoms with E-state index >= 15 is 0 Å². The minimum Gasteiger partial charge on any atom is -0.508 e. The number of hydrogen-bond acceptors (Lipinski definition) is 2. The van der Waals surface area contributed by atoms with Crippen molar-refractivity contribution in [3.8, 4) is 17.0 Å². The second-order valence-corrected chi connectivity index (χ2v) is 2.52. The van der Waals surface area contributed by atoms with Crippen molar-refractivity contribution in [1.29, 1.82) is 0 Å². The Morgan fingerprint density at radius 2 is 1.64 bits per heavy atom. The summed E-state index contributed by atoms with van der Waals surface area (Å²) in [6, 6.07) is 8.85. The van der Waals surface area contributed by atoms with Crippen LogP contribution in [0, 0.1) is 0 Å². The molecule has 1 aromatic carbocycles. The van der Waals surface area contributed by atoms with Gasteiger partial charge in [0, 0.05) is 6.20 Å². The molecule has 0 fully saturated rings. The van der Waals surface area contributed by atoms with E-state index in [0.717, 1.165) is 11.3 Å². The Morgan fingerprint density at radius 1 is 1.00 bits per heavy atom. The number of aromatic nitrogens is 2. The molecule has 0 atom stereocenters. The van der Waals surface area contributed by atoms with E-state index in [0.29, 0.717) is 0 Å². The fourth-order valence-corrected chi connectivity index (χ4v) is 1.06. The van der Waals surface area contributed by atoms with Crippen LogP contribution >= 0.6 is 24.8 Å². The molecule has 3 nitrogen and oxygen atoms in total. The maximum Gasteiger partial charge on any atom is 0.115 e. The van der Waals surface area contributed by atoms with Gasteiger partial charge >= 0.3 is 0 Å². The summed E-state index contributed by atoms with van der Waals surface area (Å²) in [5.74, 6) is 0.276. The van der Waals surface area contributed by atoms with Crippen LogP contribution in [-0.2, 0) is 0 Å². The van der Waals surface area contributed by atoms with Crippen LogP contribution in [0.1, 0.15) is 0 Å². The van der Waals surface area contributed by atoms with E-state index < -0.39 is 0 Å². The molecular weight excluding hydrogens is 223 g/mol. The monoisotopic (exact) mass is 232 g/mol. The van der Waals surface area contributed by atoms with E-state index in [2.05, 4.69) is 10.2 Å². The minimum absolute atomic E-state index is 0. The maximum atomic E-state index is 9.03. The average Bonchev–Trinajstić information content (AvgIpc) is 2.58. The number of nitrogens with zero attached hydrogens (tertiary/aromatic N) is 1. The molecule has 0 saturated carbocycles. The number of aromatic amines is 1. The van der Waals surface area contributed by atoms with Gasteiger partial charge in [0.15, 0.2) is 0 Å². The maximum absolute atomic E-state index is 9.03. The molecule has 2 rings (SSSR count). The first-order chi connectivity index (χ1) is 5.86. The van der Waals surface area contributed by atoms with Crippen molar-refractivity contribution >= 4 is 24.8 Å². The molecule has 0 amide bonds. The van der Waals surface area contributed by atoms with Gasteiger partial charge in [0.2, 0.25) is 0 Å². The largest absolute Gasteiger partial charge is 0.508 e. The summed E-state index contributed by atoms with van der Waals surface area (Å²) in [5, 5.41) is 15.7. The lowest BCUT2D eigenvalue weighted by Gasteiger charge is -1.96. The van der Waals surface area contributed by atoms with Gasteiger partial charge in [0.1, 0.15) is 5.75 Å². The third-order valence-corrected chi connectivity index (χ3v) is 1.68. The van der Waals surface area contributed by atoms with E-state index in [-0.39, 0.29) is 30.6 Å². The molecule has 0 bridgehead atoms. The van der Waals surface area contributed by atoms with Crippen LogP contribution in [0.4, 0.5) is 0 Å². The molecule has 0 aliphatic carbocycles. The van der Waals surface area contributed by atoms with Crippen LogP contribution in [-0.4, -0.2) is 15.3 Å². The molecule has 0 radical (unpaired) electrons. The number of rotatable bonds is 1. The van der Waals surface area contributed by atoms with E-state index in [4.69, 9.17) is 5.11 Å².